The predicted molar refractivity (Wildman–Crippen MR) is 136 cm³/mol. The molecule has 6 rings (SSSR count). The molecule has 3 amide bonds. The molecule has 0 bridgehead atoms. The molecule has 0 aliphatic carbocycles. The molecule has 3 heterocycles. The van der Waals surface area contributed by atoms with Crippen LogP contribution in [-0.4, -0.2) is 35.8 Å². The number of rotatable bonds is 4. The van der Waals surface area contributed by atoms with Crippen molar-refractivity contribution in [2.24, 2.45) is 11.8 Å². The first kappa shape index (κ1) is 23.2. The molecule has 0 aromatic heterocycles. The zero-order chi connectivity index (χ0) is 25.8. The molecule has 3 aromatic carbocycles. The average molecular weight is 518 g/mol. The molecule has 9 heteroatoms. The fraction of sp³-hybridized carbons (Fsp3) is 0.179. The highest BCUT2D eigenvalue weighted by molar-refractivity contribution is 6.31. The average Bonchev–Trinajstić information content (AvgIpc) is 3.38. The van der Waals surface area contributed by atoms with Crippen molar-refractivity contribution in [3.05, 3.63) is 94.9 Å². The van der Waals surface area contributed by atoms with Gasteiger partial charge in [-0.1, -0.05) is 35.9 Å². The Kier molecular flexibility index (Phi) is 5.49. The monoisotopic (exact) mass is 517 g/mol. The molecule has 186 valence electrons. The summed E-state index contributed by atoms with van der Waals surface area (Å²) in [6.45, 7) is 0. The minimum atomic E-state index is -0.949. The van der Waals surface area contributed by atoms with E-state index in [1.54, 1.807) is 42.5 Å². The molecule has 0 saturated carbocycles. The Labute approximate surface area is 217 Å². The highest BCUT2D eigenvalue weighted by Gasteiger charge is 2.64. The third-order valence-electron chi connectivity index (χ3n) is 7.25. The maximum atomic E-state index is 13.8. The topological polar surface area (TPSA) is 79.0 Å². The quantitative estimate of drug-likeness (QED) is 0.510. The van der Waals surface area contributed by atoms with Crippen LogP contribution in [0.1, 0.15) is 17.2 Å². The number of halogens is 2. The number of carbonyl (C=O) groups is 3. The van der Waals surface area contributed by atoms with E-state index >= 15 is 0 Å². The number of nitrogens with zero attached hydrogens (tertiary/aromatic N) is 2. The van der Waals surface area contributed by atoms with E-state index < -0.39 is 47.5 Å². The van der Waals surface area contributed by atoms with E-state index in [1.807, 2.05) is 30.3 Å². The SMILES string of the molecule is COc1ccc(NC(=O)[C@@H]2[C@@H]3C(=O)N(c4ccc(F)c(Cl)c4)C(=O)[C@H]3[C@H]3c4ccccc4C=CN23)cc1. The van der Waals surface area contributed by atoms with Crippen LogP contribution in [-0.2, 0) is 14.4 Å². The van der Waals surface area contributed by atoms with E-state index in [2.05, 4.69) is 5.32 Å². The number of benzene rings is 3. The van der Waals surface area contributed by atoms with Crippen LogP contribution in [0, 0.1) is 17.7 Å². The third-order valence-corrected chi connectivity index (χ3v) is 7.54. The van der Waals surface area contributed by atoms with E-state index in [1.165, 1.54) is 12.1 Å². The second-order valence-electron chi connectivity index (χ2n) is 9.16. The summed E-state index contributed by atoms with van der Waals surface area (Å²) < 4.78 is 19.0. The van der Waals surface area contributed by atoms with Crippen LogP contribution >= 0.6 is 11.6 Å². The van der Waals surface area contributed by atoms with E-state index in [4.69, 9.17) is 16.3 Å². The first-order chi connectivity index (χ1) is 17.9. The molecule has 1 N–H and O–H groups in total. The van der Waals surface area contributed by atoms with Gasteiger partial charge in [-0.05, 0) is 59.7 Å². The van der Waals surface area contributed by atoms with Gasteiger partial charge in [0, 0.05) is 11.9 Å². The van der Waals surface area contributed by atoms with Crippen molar-refractivity contribution >= 4 is 46.8 Å². The summed E-state index contributed by atoms with van der Waals surface area (Å²) in [6.07, 6.45) is 3.66. The smallest absolute Gasteiger partial charge is 0.247 e. The first-order valence-electron chi connectivity index (χ1n) is 11.7. The zero-order valence-corrected chi connectivity index (χ0v) is 20.4. The lowest BCUT2D eigenvalue weighted by atomic mass is 9.84. The second-order valence-corrected chi connectivity index (χ2v) is 9.57. The molecule has 3 aromatic rings. The van der Waals surface area contributed by atoms with Crippen LogP contribution in [0.2, 0.25) is 5.02 Å². The summed E-state index contributed by atoms with van der Waals surface area (Å²) in [5.41, 5.74) is 2.49. The van der Waals surface area contributed by atoms with Gasteiger partial charge >= 0.3 is 0 Å². The number of carbonyl (C=O) groups excluding carboxylic acids is 3. The first-order valence-corrected chi connectivity index (χ1v) is 12.1. The third kappa shape index (κ3) is 3.59. The lowest BCUT2D eigenvalue weighted by Crippen LogP contribution is -2.46. The van der Waals surface area contributed by atoms with Crippen molar-refractivity contribution in [3.63, 3.8) is 0 Å². The van der Waals surface area contributed by atoms with Crippen molar-refractivity contribution in [1.29, 1.82) is 0 Å². The number of imide groups is 1. The van der Waals surface area contributed by atoms with Gasteiger partial charge in [0.25, 0.3) is 0 Å². The number of ether oxygens (including phenoxy) is 1. The number of fused-ring (bicyclic) bond motifs is 5. The van der Waals surface area contributed by atoms with E-state index in [-0.39, 0.29) is 10.7 Å². The van der Waals surface area contributed by atoms with E-state index in [0.717, 1.165) is 22.1 Å². The van der Waals surface area contributed by atoms with Crippen molar-refractivity contribution in [3.8, 4) is 5.75 Å². The number of nitrogens with one attached hydrogen (secondary N) is 1. The van der Waals surface area contributed by atoms with Gasteiger partial charge in [0.15, 0.2) is 0 Å². The summed E-state index contributed by atoms with van der Waals surface area (Å²) in [6, 6.07) is 16.7. The van der Waals surface area contributed by atoms with Gasteiger partial charge in [-0.3, -0.25) is 14.4 Å². The Hall–Kier alpha value is -4.17. The Morgan fingerprint density at radius 2 is 1.73 bits per heavy atom. The molecule has 0 spiro atoms. The molecule has 7 nitrogen and oxygen atoms in total. The zero-order valence-electron chi connectivity index (χ0n) is 19.6. The van der Waals surface area contributed by atoms with E-state index in [9.17, 15) is 18.8 Å². The Bertz CT molecular complexity index is 1470. The molecular formula is C28H21ClFN3O4. The summed E-state index contributed by atoms with van der Waals surface area (Å²) in [5.74, 6) is -3.15. The summed E-state index contributed by atoms with van der Waals surface area (Å²) >= 11 is 5.96. The summed E-state index contributed by atoms with van der Waals surface area (Å²) in [7, 11) is 1.55. The molecule has 2 fully saturated rings. The van der Waals surface area contributed by atoms with Crippen LogP contribution < -0.4 is 15.0 Å². The molecule has 37 heavy (non-hydrogen) atoms. The van der Waals surface area contributed by atoms with Crippen molar-refractivity contribution in [2.75, 3.05) is 17.3 Å². The fourth-order valence-corrected chi connectivity index (χ4v) is 5.80. The van der Waals surface area contributed by atoms with Crippen molar-refractivity contribution in [1.82, 2.24) is 4.90 Å². The lowest BCUT2D eigenvalue weighted by Gasteiger charge is -2.35. The van der Waals surface area contributed by atoms with Crippen LogP contribution in [0.5, 0.6) is 5.75 Å². The van der Waals surface area contributed by atoms with Crippen LogP contribution in [0.3, 0.4) is 0 Å². The minimum Gasteiger partial charge on any atom is -0.497 e. The predicted octanol–water partition coefficient (Wildman–Crippen LogP) is 4.64. The van der Waals surface area contributed by atoms with Gasteiger partial charge < -0.3 is 15.0 Å². The number of hydrogen-bond acceptors (Lipinski definition) is 5. The number of hydrogen-bond donors (Lipinski definition) is 1. The molecule has 3 aliphatic rings. The Balaban J connectivity index is 1.42. The van der Waals surface area contributed by atoms with Crippen molar-refractivity contribution in [2.45, 2.75) is 12.1 Å². The van der Waals surface area contributed by atoms with Gasteiger partial charge in [0.05, 0.1) is 35.7 Å². The number of methoxy groups -OCH3 is 1. The molecule has 2 saturated heterocycles. The number of amides is 3. The highest BCUT2D eigenvalue weighted by atomic mass is 35.5. The van der Waals surface area contributed by atoms with Gasteiger partial charge in [0.2, 0.25) is 17.7 Å². The van der Waals surface area contributed by atoms with Crippen LogP contribution in [0.15, 0.2) is 72.9 Å². The maximum Gasteiger partial charge on any atom is 0.247 e. The molecule has 0 radical (unpaired) electrons. The highest BCUT2D eigenvalue weighted by Crippen LogP contribution is 2.53. The normalized spacial score (nSPS) is 23.5. The molecular weight excluding hydrogens is 497 g/mol. The summed E-state index contributed by atoms with van der Waals surface area (Å²) in [5, 5.41) is 2.69. The lowest BCUT2D eigenvalue weighted by molar-refractivity contribution is -0.128. The second kappa shape index (κ2) is 8.74. The van der Waals surface area contributed by atoms with Gasteiger partial charge in [-0.2, -0.15) is 0 Å². The van der Waals surface area contributed by atoms with Crippen LogP contribution in [0.4, 0.5) is 15.8 Å². The maximum absolute atomic E-state index is 13.8. The summed E-state index contributed by atoms with van der Waals surface area (Å²) in [4.78, 5) is 44.2. The minimum absolute atomic E-state index is 0.177. The molecule has 3 aliphatic heterocycles. The van der Waals surface area contributed by atoms with Gasteiger partial charge in [-0.25, -0.2) is 9.29 Å². The molecule has 4 atom stereocenters. The Morgan fingerprint density at radius 1 is 1.00 bits per heavy atom. The van der Waals surface area contributed by atoms with E-state index in [0.29, 0.717) is 11.4 Å². The van der Waals surface area contributed by atoms with Crippen molar-refractivity contribution < 1.29 is 23.5 Å². The van der Waals surface area contributed by atoms with Gasteiger partial charge in [-0.15, -0.1) is 0 Å². The fourth-order valence-electron chi connectivity index (χ4n) is 5.63. The van der Waals surface area contributed by atoms with Crippen LogP contribution in [0.25, 0.3) is 6.08 Å². The van der Waals surface area contributed by atoms with Gasteiger partial charge in [0.1, 0.15) is 17.6 Å². The number of anilines is 2. The Morgan fingerprint density at radius 3 is 2.46 bits per heavy atom. The molecule has 0 unspecified atom stereocenters. The largest absolute Gasteiger partial charge is 0.497 e. The standard InChI is InChI=1S/C28H21ClFN3O4/c1-37-18-9-6-16(7-10-18)31-26(34)25-23-22(24-19-5-3-2-4-15(19)12-13-32(24)25)27(35)33(28(23)36)17-8-11-21(30)20(29)14-17/h2-14,22-25H,1H3,(H,31,34)/t22-,23-,24-,25+/m1/s1.